The summed E-state index contributed by atoms with van der Waals surface area (Å²) in [6, 6.07) is 9.31. The van der Waals surface area contributed by atoms with E-state index in [4.69, 9.17) is 0 Å². The molecule has 0 aliphatic carbocycles. The number of benzene rings is 1. The zero-order chi connectivity index (χ0) is 14.1. The van der Waals surface area contributed by atoms with Crippen LogP contribution in [-0.4, -0.2) is 33.9 Å². The Bertz CT molecular complexity index is 445. The summed E-state index contributed by atoms with van der Waals surface area (Å²) in [5, 5.41) is 2.64. The second-order valence-corrected chi connectivity index (χ2v) is 5.74. The van der Waals surface area contributed by atoms with Gasteiger partial charge in [0.1, 0.15) is 11.5 Å². The lowest BCUT2D eigenvalue weighted by atomic mass is 10.1. The molecule has 4 nitrogen and oxygen atoms in total. The van der Waals surface area contributed by atoms with Crippen molar-refractivity contribution in [2.45, 2.75) is 19.8 Å². The summed E-state index contributed by atoms with van der Waals surface area (Å²) in [6.45, 7) is 2.52. The van der Waals surface area contributed by atoms with Gasteiger partial charge in [-0.2, -0.15) is 0 Å². The standard InChI is InChI=1S/C14H19NO3S/c1-2-8-15-14(17)11-19(18)10-13(16)9-12-6-4-3-5-7-12/h3-7H,2,8-11H2,1H3,(H,15,17). The fourth-order valence-corrected chi connectivity index (χ4v) is 2.52. The van der Waals surface area contributed by atoms with E-state index in [2.05, 4.69) is 5.32 Å². The summed E-state index contributed by atoms with van der Waals surface area (Å²) < 4.78 is 11.6. The van der Waals surface area contributed by atoms with Gasteiger partial charge in [-0.05, 0) is 12.0 Å². The highest BCUT2D eigenvalue weighted by atomic mass is 32.2. The minimum atomic E-state index is -1.42. The van der Waals surface area contributed by atoms with E-state index in [0.717, 1.165) is 12.0 Å². The first-order chi connectivity index (χ1) is 9.11. The molecule has 5 heteroatoms. The maximum atomic E-state index is 11.7. The molecule has 0 aromatic heterocycles. The molecule has 0 saturated heterocycles. The predicted octanol–water partition coefficient (Wildman–Crippen LogP) is 1.07. The molecule has 1 aromatic rings. The van der Waals surface area contributed by atoms with Crippen LogP contribution in [0.5, 0.6) is 0 Å². The molecule has 0 saturated carbocycles. The molecule has 104 valence electrons. The number of amides is 1. The van der Waals surface area contributed by atoms with Crippen LogP contribution in [0.25, 0.3) is 0 Å². The fourth-order valence-electron chi connectivity index (χ4n) is 1.57. The van der Waals surface area contributed by atoms with Crippen molar-refractivity contribution in [2.24, 2.45) is 0 Å². The van der Waals surface area contributed by atoms with Crippen LogP contribution < -0.4 is 5.32 Å². The minimum Gasteiger partial charge on any atom is -0.355 e. The minimum absolute atomic E-state index is 0.0611. The second-order valence-electron chi connectivity index (χ2n) is 4.28. The number of hydrogen-bond donors (Lipinski definition) is 1. The Balaban J connectivity index is 2.32. The summed E-state index contributed by atoms with van der Waals surface area (Å²) in [6.07, 6.45) is 1.11. The molecule has 1 atom stereocenters. The number of carbonyl (C=O) groups excluding carboxylic acids is 2. The van der Waals surface area contributed by atoms with E-state index in [1.807, 2.05) is 37.3 Å². The molecule has 0 radical (unpaired) electrons. The Hall–Kier alpha value is -1.49. The smallest absolute Gasteiger partial charge is 0.232 e. The van der Waals surface area contributed by atoms with Crippen molar-refractivity contribution in [1.82, 2.24) is 5.32 Å². The molecule has 1 N–H and O–H groups in total. The quantitative estimate of drug-likeness (QED) is 0.775. The summed E-state index contributed by atoms with van der Waals surface area (Å²) in [7, 11) is -1.42. The van der Waals surface area contributed by atoms with Crippen LogP contribution in [0.4, 0.5) is 0 Å². The zero-order valence-electron chi connectivity index (χ0n) is 11.1. The van der Waals surface area contributed by atoms with Crippen molar-refractivity contribution in [3.8, 4) is 0 Å². The molecule has 0 bridgehead atoms. The third-order valence-corrected chi connectivity index (χ3v) is 3.66. The van der Waals surface area contributed by atoms with Gasteiger partial charge in [0.25, 0.3) is 0 Å². The van der Waals surface area contributed by atoms with Crippen LogP contribution in [-0.2, 0) is 26.8 Å². The van der Waals surface area contributed by atoms with E-state index < -0.39 is 10.8 Å². The summed E-state index contributed by atoms with van der Waals surface area (Å²) in [5.41, 5.74) is 0.903. The van der Waals surface area contributed by atoms with Gasteiger partial charge in [0, 0.05) is 23.8 Å². The molecule has 1 aromatic carbocycles. The van der Waals surface area contributed by atoms with Crippen molar-refractivity contribution in [1.29, 1.82) is 0 Å². The van der Waals surface area contributed by atoms with Gasteiger partial charge >= 0.3 is 0 Å². The lowest BCUT2D eigenvalue weighted by molar-refractivity contribution is -0.118. The van der Waals surface area contributed by atoms with E-state index in [-0.39, 0.29) is 29.6 Å². The van der Waals surface area contributed by atoms with Gasteiger partial charge in [0.05, 0.1) is 5.75 Å². The van der Waals surface area contributed by atoms with Gasteiger partial charge in [-0.1, -0.05) is 37.3 Å². The molecule has 0 aliphatic heterocycles. The number of hydrogen-bond acceptors (Lipinski definition) is 3. The maximum absolute atomic E-state index is 11.7. The van der Waals surface area contributed by atoms with Crippen molar-refractivity contribution in [3.05, 3.63) is 35.9 Å². The first-order valence-corrected chi connectivity index (χ1v) is 7.78. The summed E-state index contributed by atoms with van der Waals surface area (Å²) >= 11 is 0. The van der Waals surface area contributed by atoms with Crippen LogP contribution in [0, 0.1) is 0 Å². The maximum Gasteiger partial charge on any atom is 0.232 e. The fraction of sp³-hybridized carbons (Fsp3) is 0.429. The Morgan fingerprint density at radius 2 is 1.84 bits per heavy atom. The molecule has 0 heterocycles. The number of carbonyl (C=O) groups is 2. The topological polar surface area (TPSA) is 63.2 Å². The van der Waals surface area contributed by atoms with Gasteiger partial charge in [-0.25, -0.2) is 0 Å². The lowest BCUT2D eigenvalue weighted by Gasteiger charge is -2.04. The van der Waals surface area contributed by atoms with Gasteiger partial charge in [-0.15, -0.1) is 0 Å². The Kier molecular flexibility index (Phi) is 7.03. The van der Waals surface area contributed by atoms with Crippen molar-refractivity contribution < 1.29 is 13.8 Å². The van der Waals surface area contributed by atoms with Crippen molar-refractivity contribution in [3.63, 3.8) is 0 Å². The summed E-state index contributed by atoms with van der Waals surface area (Å²) in [5.74, 6) is -0.518. The highest BCUT2D eigenvalue weighted by Gasteiger charge is 2.12. The largest absolute Gasteiger partial charge is 0.355 e. The molecular weight excluding hydrogens is 262 g/mol. The van der Waals surface area contributed by atoms with Gasteiger partial charge < -0.3 is 5.32 Å². The Morgan fingerprint density at radius 3 is 2.47 bits per heavy atom. The Morgan fingerprint density at radius 1 is 1.16 bits per heavy atom. The number of rotatable bonds is 8. The van der Waals surface area contributed by atoms with Crippen molar-refractivity contribution >= 4 is 22.5 Å². The number of ketones is 1. The van der Waals surface area contributed by atoms with Crippen LogP contribution in [0.2, 0.25) is 0 Å². The predicted molar refractivity (Wildman–Crippen MR) is 76.3 cm³/mol. The van der Waals surface area contributed by atoms with E-state index >= 15 is 0 Å². The van der Waals surface area contributed by atoms with Crippen LogP contribution in [0.1, 0.15) is 18.9 Å². The molecule has 19 heavy (non-hydrogen) atoms. The molecule has 0 aliphatic rings. The van der Waals surface area contributed by atoms with E-state index in [1.165, 1.54) is 0 Å². The normalized spacial score (nSPS) is 11.8. The average molecular weight is 281 g/mol. The molecule has 1 unspecified atom stereocenters. The van der Waals surface area contributed by atoms with Gasteiger partial charge in [-0.3, -0.25) is 13.8 Å². The molecule has 0 fully saturated rings. The summed E-state index contributed by atoms with van der Waals surface area (Å²) in [4.78, 5) is 23.0. The van der Waals surface area contributed by atoms with E-state index in [1.54, 1.807) is 0 Å². The van der Waals surface area contributed by atoms with E-state index in [0.29, 0.717) is 6.54 Å². The third-order valence-electron chi connectivity index (χ3n) is 2.43. The molecule has 1 amide bonds. The highest BCUT2D eigenvalue weighted by Crippen LogP contribution is 2.01. The first-order valence-electron chi connectivity index (χ1n) is 6.29. The van der Waals surface area contributed by atoms with Crippen LogP contribution >= 0.6 is 0 Å². The highest BCUT2D eigenvalue weighted by molar-refractivity contribution is 7.86. The van der Waals surface area contributed by atoms with E-state index in [9.17, 15) is 13.8 Å². The molecular formula is C14H19NO3S. The average Bonchev–Trinajstić information content (AvgIpc) is 2.37. The van der Waals surface area contributed by atoms with Crippen LogP contribution in [0.15, 0.2) is 30.3 Å². The molecule has 0 spiro atoms. The molecule has 1 rings (SSSR count). The zero-order valence-corrected chi connectivity index (χ0v) is 11.9. The number of Topliss-reactive ketones (excluding diaryl/α,β-unsaturated/α-hetero) is 1. The SMILES string of the molecule is CCCNC(=O)CS(=O)CC(=O)Cc1ccccc1. The van der Waals surface area contributed by atoms with Gasteiger partial charge in [0.2, 0.25) is 5.91 Å². The lowest BCUT2D eigenvalue weighted by Crippen LogP contribution is -2.30. The third kappa shape index (κ3) is 6.86. The Labute approximate surface area is 116 Å². The second kappa shape index (κ2) is 8.58. The van der Waals surface area contributed by atoms with Gasteiger partial charge in [0.15, 0.2) is 0 Å². The van der Waals surface area contributed by atoms with Crippen LogP contribution in [0.3, 0.4) is 0 Å². The monoisotopic (exact) mass is 281 g/mol. The van der Waals surface area contributed by atoms with Crippen molar-refractivity contribution in [2.75, 3.05) is 18.1 Å². The number of nitrogens with one attached hydrogen (secondary N) is 1. The first kappa shape index (κ1) is 15.6.